The second-order valence-corrected chi connectivity index (χ2v) is 5.73. The van der Waals surface area contributed by atoms with Crippen LogP contribution in [0.4, 0.5) is 5.69 Å². The van der Waals surface area contributed by atoms with Crippen LogP contribution in [0.2, 0.25) is 0 Å². The van der Waals surface area contributed by atoms with Crippen molar-refractivity contribution < 1.29 is 4.79 Å². The molecule has 0 bridgehead atoms. The lowest BCUT2D eigenvalue weighted by Gasteiger charge is -2.29. The molecule has 0 atom stereocenters. The van der Waals surface area contributed by atoms with Gasteiger partial charge in [0.1, 0.15) is 0 Å². The molecule has 18 heavy (non-hydrogen) atoms. The zero-order valence-corrected chi connectivity index (χ0v) is 11.0. The number of hydrogen-bond donors (Lipinski definition) is 2. The lowest BCUT2D eigenvalue weighted by molar-refractivity contribution is 0.100. The molecule has 0 saturated carbocycles. The van der Waals surface area contributed by atoms with Gasteiger partial charge in [0.15, 0.2) is 0 Å². The number of primary amides is 1. The summed E-state index contributed by atoms with van der Waals surface area (Å²) in [5.41, 5.74) is 14.8. The van der Waals surface area contributed by atoms with Gasteiger partial charge in [-0.1, -0.05) is 32.1 Å². The number of hydrogen-bond acceptors (Lipinski definition) is 2. The summed E-state index contributed by atoms with van der Waals surface area (Å²) < 4.78 is 0. The Morgan fingerprint density at radius 3 is 2.61 bits per heavy atom. The van der Waals surface area contributed by atoms with E-state index in [2.05, 4.69) is 19.9 Å². The van der Waals surface area contributed by atoms with Crippen LogP contribution in [0, 0.1) is 5.41 Å². The van der Waals surface area contributed by atoms with Gasteiger partial charge >= 0.3 is 0 Å². The van der Waals surface area contributed by atoms with E-state index in [-0.39, 0.29) is 0 Å². The highest BCUT2D eigenvalue weighted by Crippen LogP contribution is 2.39. The van der Waals surface area contributed by atoms with Gasteiger partial charge in [-0.25, -0.2) is 0 Å². The van der Waals surface area contributed by atoms with E-state index in [0.717, 1.165) is 24.8 Å². The number of nitrogen functional groups attached to an aromatic ring is 1. The first-order chi connectivity index (χ1) is 8.41. The Labute approximate surface area is 108 Å². The van der Waals surface area contributed by atoms with E-state index in [0.29, 0.717) is 16.7 Å². The average molecular weight is 244 g/mol. The van der Waals surface area contributed by atoms with Crippen molar-refractivity contribution in [2.75, 3.05) is 5.73 Å². The Hall–Kier alpha value is -1.77. The molecule has 0 spiro atoms. The summed E-state index contributed by atoms with van der Waals surface area (Å²) in [5, 5.41) is 0. The minimum atomic E-state index is -0.467. The van der Waals surface area contributed by atoms with Crippen molar-refractivity contribution >= 4 is 17.2 Å². The van der Waals surface area contributed by atoms with Crippen LogP contribution in [0.5, 0.6) is 0 Å². The van der Waals surface area contributed by atoms with E-state index in [1.54, 1.807) is 6.07 Å². The summed E-state index contributed by atoms with van der Waals surface area (Å²) in [6.07, 6.45) is 5.42. The molecular formula is C15H20N2O. The van der Waals surface area contributed by atoms with Crippen LogP contribution in [0.25, 0.3) is 5.57 Å². The Kier molecular flexibility index (Phi) is 3.16. The van der Waals surface area contributed by atoms with E-state index < -0.39 is 5.91 Å². The summed E-state index contributed by atoms with van der Waals surface area (Å²) >= 11 is 0. The van der Waals surface area contributed by atoms with E-state index in [4.69, 9.17) is 11.5 Å². The molecule has 0 unspecified atom stereocenters. The van der Waals surface area contributed by atoms with Gasteiger partial charge < -0.3 is 11.5 Å². The smallest absolute Gasteiger partial charge is 0.250 e. The van der Waals surface area contributed by atoms with Crippen molar-refractivity contribution in [3.05, 3.63) is 35.4 Å². The quantitative estimate of drug-likeness (QED) is 0.785. The maximum Gasteiger partial charge on any atom is 0.250 e. The molecule has 3 heteroatoms. The Balaban J connectivity index is 2.38. The van der Waals surface area contributed by atoms with Crippen LogP contribution in [0.15, 0.2) is 24.3 Å². The number of rotatable bonds is 2. The highest BCUT2D eigenvalue weighted by Gasteiger charge is 2.23. The third kappa shape index (κ3) is 2.40. The third-order valence-corrected chi connectivity index (χ3v) is 3.69. The molecule has 1 aromatic rings. The van der Waals surface area contributed by atoms with Crippen LogP contribution in [0.3, 0.4) is 0 Å². The van der Waals surface area contributed by atoms with E-state index in [1.165, 1.54) is 5.57 Å². The number of para-hydroxylation sites is 1. The maximum atomic E-state index is 11.3. The van der Waals surface area contributed by atoms with Crippen LogP contribution in [-0.2, 0) is 0 Å². The van der Waals surface area contributed by atoms with Crippen molar-refractivity contribution in [1.82, 2.24) is 0 Å². The van der Waals surface area contributed by atoms with Crippen molar-refractivity contribution in [1.29, 1.82) is 0 Å². The zero-order chi connectivity index (χ0) is 13.3. The molecule has 0 aliphatic heterocycles. The molecule has 0 aromatic heterocycles. The first-order valence-electron chi connectivity index (χ1n) is 6.28. The summed E-state index contributed by atoms with van der Waals surface area (Å²) in [6, 6.07) is 5.48. The van der Waals surface area contributed by atoms with Crippen LogP contribution >= 0.6 is 0 Å². The van der Waals surface area contributed by atoms with Gasteiger partial charge in [0.05, 0.1) is 11.3 Å². The molecule has 1 amide bonds. The van der Waals surface area contributed by atoms with Crippen LogP contribution in [-0.4, -0.2) is 5.91 Å². The normalized spacial score (nSPS) is 18.2. The van der Waals surface area contributed by atoms with Gasteiger partial charge in [0.25, 0.3) is 5.91 Å². The summed E-state index contributed by atoms with van der Waals surface area (Å²) in [5.74, 6) is -0.467. The monoisotopic (exact) mass is 244 g/mol. The number of carbonyl (C=O) groups is 1. The second kappa shape index (κ2) is 4.48. The predicted octanol–water partition coefficient (Wildman–Crippen LogP) is 2.96. The number of nitrogens with two attached hydrogens (primary N) is 2. The van der Waals surface area contributed by atoms with Crippen LogP contribution in [0.1, 0.15) is 49.0 Å². The van der Waals surface area contributed by atoms with Crippen molar-refractivity contribution in [2.24, 2.45) is 11.1 Å². The van der Waals surface area contributed by atoms with Crippen molar-refractivity contribution in [3.8, 4) is 0 Å². The molecular weight excluding hydrogens is 224 g/mol. The van der Waals surface area contributed by atoms with Gasteiger partial charge in [-0.15, -0.1) is 0 Å². The number of amides is 1. The number of benzene rings is 1. The van der Waals surface area contributed by atoms with E-state index in [1.807, 2.05) is 12.1 Å². The van der Waals surface area contributed by atoms with Gasteiger partial charge in [-0.3, -0.25) is 4.79 Å². The molecule has 1 aromatic carbocycles. The first kappa shape index (κ1) is 12.7. The highest BCUT2D eigenvalue weighted by molar-refractivity contribution is 6.00. The summed E-state index contributed by atoms with van der Waals surface area (Å²) in [7, 11) is 0. The molecule has 96 valence electrons. The molecule has 1 aliphatic carbocycles. The molecule has 0 fully saturated rings. The lowest BCUT2D eigenvalue weighted by atomic mass is 9.76. The zero-order valence-electron chi connectivity index (χ0n) is 11.0. The van der Waals surface area contributed by atoms with Crippen molar-refractivity contribution in [3.63, 3.8) is 0 Å². The van der Waals surface area contributed by atoms with Gasteiger partial charge in [-0.2, -0.15) is 0 Å². The van der Waals surface area contributed by atoms with Gasteiger partial charge in [-0.05, 0) is 36.3 Å². The molecule has 0 heterocycles. The maximum absolute atomic E-state index is 11.3. The second-order valence-electron chi connectivity index (χ2n) is 5.73. The third-order valence-electron chi connectivity index (χ3n) is 3.69. The minimum Gasteiger partial charge on any atom is -0.398 e. The largest absolute Gasteiger partial charge is 0.398 e. The topological polar surface area (TPSA) is 69.1 Å². The molecule has 0 saturated heterocycles. The highest BCUT2D eigenvalue weighted by atomic mass is 16.1. The average Bonchev–Trinajstić information content (AvgIpc) is 2.29. The molecule has 3 nitrogen and oxygen atoms in total. The lowest BCUT2D eigenvalue weighted by Crippen LogP contribution is -2.16. The SMILES string of the molecule is CC1(C)CC=C(c2cccc(C(N)=O)c2N)CC1. The van der Waals surface area contributed by atoms with E-state index >= 15 is 0 Å². The van der Waals surface area contributed by atoms with Gasteiger partial charge in [0, 0.05) is 5.56 Å². The molecule has 1 aliphatic rings. The Morgan fingerprint density at radius 1 is 1.33 bits per heavy atom. The fraction of sp³-hybridized carbons (Fsp3) is 0.400. The Bertz CT molecular complexity index is 515. The first-order valence-corrected chi connectivity index (χ1v) is 6.28. The molecule has 4 N–H and O–H groups in total. The molecule has 0 radical (unpaired) electrons. The van der Waals surface area contributed by atoms with Gasteiger partial charge in [0.2, 0.25) is 0 Å². The standard InChI is InChI=1S/C15H20N2O/c1-15(2)8-6-10(7-9-15)11-4-3-5-12(13(11)16)14(17)18/h3-6H,7-9,16H2,1-2H3,(H2,17,18). The van der Waals surface area contributed by atoms with Crippen molar-refractivity contribution in [2.45, 2.75) is 33.1 Å². The summed E-state index contributed by atoms with van der Waals surface area (Å²) in [4.78, 5) is 11.3. The number of carbonyl (C=O) groups excluding carboxylic acids is 1. The number of anilines is 1. The predicted molar refractivity (Wildman–Crippen MR) is 75.0 cm³/mol. The molecule has 2 rings (SSSR count). The van der Waals surface area contributed by atoms with Crippen LogP contribution < -0.4 is 11.5 Å². The fourth-order valence-electron chi connectivity index (χ4n) is 2.38. The minimum absolute atomic E-state index is 0.361. The van der Waals surface area contributed by atoms with E-state index in [9.17, 15) is 4.79 Å². The number of allylic oxidation sites excluding steroid dienone is 2. The summed E-state index contributed by atoms with van der Waals surface area (Å²) in [6.45, 7) is 4.53. The fourth-order valence-corrected chi connectivity index (χ4v) is 2.38. The Morgan fingerprint density at radius 2 is 2.06 bits per heavy atom.